The average molecular weight is 296 g/mol. The highest BCUT2D eigenvalue weighted by Gasteiger charge is 2.23. The first-order valence-electron chi connectivity index (χ1n) is 6.64. The van der Waals surface area contributed by atoms with E-state index in [-0.39, 0.29) is 6.09 Å². The van der Waals surface area contributed by atoms with E-state index in [1.807, 2.05) is 6.08 Å². The van der Waals surface area contributed by atoms with E-state index in [9.17, 15) is 4.79 Å². The molecular weight excluding hydrogens is 278 g/mol. The van der Waals surface area contributed by atoms with Gasteiger partial charge in [0.1, 0.15) is 0 Å². The number of nitrogen functional groups attached to an aromatic ring is 1. The van der Waals surface area contributed by atoms with Crippen molar-refractivity contribution < 1.29 is 9.53 Å². The summed E-state index contributed by atoms with van der Waals surface area (Å²) in [5, 5.41) is 0.498. The van der Waals surface area contributed by atoms with Crippen molar-refractivity contribution in [2.75, 3.05) is 25.4 Å². The molecule has 0 aliphatic carbocycles. The summed E-state index contributed by atoms with van der Waals surface area (Å²) in [6, 6.07) is 1.66. The van der Waals surface area contributed by atoms with E-state index in [0.717, 1.165) is 18.4 Å². The molecule has 108 valence electrons. The summed E-state index contributed by atoms with van der Waals surface area (Å²) < 4.78 is 5.18. The van der Waals surface area contributed by atoms with Gasteiger partial charge in [-0.25, -0.2) is 4.79 Å². The molecule has 6 heteroatoms. The quantitative estimate of drug-likeness (QED) is 0.867. The Morgan fingerprint density at radius 1 is 1.60 bits per heavy atom. The minimum absolute atomic E-state index is 0.295. The predicted octanol–water partition coefficient (Wildman–Crippen LogP) is 2.95. The summed E-state index contributed by atoms with van der Waals surface area (Å²) in [6.07, 6.45) is 5.08. The first-order valence-corrected chi connectivity index (χ1v) is 7.01. The van der Waals surface area contributed by atoms with Crippen molar-refractivity contribution in [3.63, 3.8) is 0 Å². The van der Waals surface area contributed by atoms with Crippen LogP contribution in [0.1, 0.15) is 25.5 Å². The summed E-state index contributed by atoms with van der Waals surface area (Å²) in [6.45, 7) is 3.49. The summed E-state index contributed by atoms with van der Waals surface area (Å²) in [7, 11) is 0. The molecule has 0 fully saturated rings. The molecule has 2 N–H and O–H groups in total. The van der Waals surface area contributed by atoms with Gasteiger partial charge < -0.3 is 15.4 Å². The lowest BCUT2D eigenvalue weighted by Crippen LogP contribution is -2.29. The van der Waals surface area contributed by atoms with E-state index >= 15 is 0 Å². The molecule has 1 aromatic heterocycles. The molecule has 2 heterocycles. The monoisotopic (exact) mass is 295 g/mol. The van der Waals surface area contributed by atoms with Crippen LogP contribution in [0.15, 0.2) is 18.3 Å². The number of aromatic nitrogens is 1. The molecule has 0 radical (unpaired) electrons. The number of nitrogens with two attached hydrogens (primary N) is 1. The standard InChI is InChI=1S/C14H18ClN3O2/c1-2-3-6-20-14(19)18-5-4-10(9-18)13-12(15)7-11(16)8-17-13/h4,7-8H,2-3,5-6,9,16H2,1H3. The smallest absolute Gasteiger partial charge is 0.410 e. The van der Waals surface area contributed by atoms with Crippen LogP contribution in [0.4, 0.5) is 10.5 Å². The Kier molecular flexibility index (Phi) is 4.84. The van der Waals surface area contributed by atoms with Crippen LogP contribution in [-0.2, 0) is 4.74 Å². The SMILES string of the molecule is CCCCOC(=O)N1CC=C(c2ncc(N)cc2Cl)C1. The number of carbonyl (C=O) groups is 1. The molecule has 0 bridgehead atoms. The molecule has 2 rings (SSSR count). The van der Waals surface area contributed by atoms with Crippen LogP contribution < -0.4 is 5.73 Å². The molecule has 1 aliphatic rings. The van der Waals surface area contributed by atoms with Gasteiger partial charge in [-0.1, -0.05) is 31.0 Å². The molecule has 0 spiro atoms. The van der Waals surface area contributed by atoms with E-state index in [2.05, 4.69) is 11.9 Å². The number of pyridine rings is 1. The van der Waals surface area contributed by atoms with Gasteiger partial charge in [0.05, 0.1) is 35.8 Å². The number of anilines is 1. The first kappa shape index (κ1) is 14.7. The Balaban J connectivity index is 1.96. The van der Waals surface area contributed by atoms with Crippen molar-refractivity contribution in [1.29, 1.82) is 0 Å². The lowest BCUT2D eigenvalue weighted by molar-refractivity contribution is 0.111. The second-order valence-corrected chi connectivity index (χ2v) is 5.08. The van der Waals surface area contributed by atoms with E-state index in [1.165, 1.54) is 0 Å². The number of nitrogens with zero attached hydrogens (tertiary/aromatic N) is 2. The molecule has 1 aromatic rings. The van der Waals surface area contributed by atoms with Crippen molar-refractivity contribution in [3.05, 3.63) is 29.1 Å². The van der Waals surface area contributed by atoms with Gasteiger partial charge >= 0.3 is 6.09 Å². The Hall–Kier alpha value is -1.75. The highest BCUT2D eigenvalue weighted by Crippen LogP contribution is 2.27. The first-order chi connectivity index (χ1) is 9.61. The third-order valence-electron chi connectivity index (χ3n) is 3.07. The van der Waals surface area contributed by atoms with Crippen molar-refractivity contribution in [2.24, 2.45) is 0 Å². The number of hydrogen-bond acceptors (Lipinski definition) is 4. The maximum Gasteiger partial charge on any atom is 0.410 e. The van der Waals surface area contributed by atoms with Crippen molar-refractivity contribution >= 4 is 29.0 Å². The Morgan fingerprint density at radius 2 is 2.40 bits per heavy atom. The number of carbonyl (C=O) groups excluding carboxylic acids is 1. The van der Waals surface area contributed by atoms with Crippen LogP contribution in [0.2, 0.25) is 5.02 Å². The predicted molar refractivity (Wildman–Crippen MR) is 79.5 cm³/mol. The van der Waals surface area contributed by atoms with Crippen LogP contribution >= 0.6 is 11.6 Å². The van der Waals surface area contributed by atoms with E-state index in [1.54, 1.807) is 17.2 Å². The third-order valence-corrected chi connectivity index (χ3v) is 3.36. The average Bonchev–Trinajstić information content (AvgIpc) is 2.88. The number of ether oxygens (including phenoxy) is 1. The fourth-order valence-electron chi connectivity index (χ4n) is 1.95. The summed E-state index contributed by atoms with van der Waals surface area (Å²) in [5.41, 5.74) is 7.73. The lowest BCUT2D eigenvalue weighted by atomic mass is 10.2. The molecule has 0 atom stereocenters. The van der Waals surface area contributed by atoms with E-state index in [4.69, 9.17) is 22.1 Å². The van der Waals surface area contributed by atoms with Crippen molar-refractivity contribution in [3.8, 4) is 0 Å². The van der Waals surface area contributed by atoms with Crippen LogP contribution in [-0.4, -0.2) is 35.7 Å². The minimum atomic E-state index is -0.295. The van der Waals surface area contributed by atoms with Gasteiger partial charge in [0.15, 0.2) is 0 Å². The van der Waals surface area contributed by atoms with Gasteiger partial charge in [-0.3, -0.25) is 4.98 Å². The topological polar surface area (TPSA) is 68.5 Å². The highest BCUT2D eigenvalue weighted by atomic mass is 35.5. The number of rotatable bonds is 4. The zero-order valence-electron chi connectivity index (χ0n) is 11.4. The van der Waals surface area contributed by atoms with Crippen molar-refractivity contribution in [1.82, 2.24) is 9.88 Å². The maximum absolute atomic E-state index is 11.8. The second-order valence-electron chi connectivity index (χ2n) is 4.68. The van der Waals surface area contributed by atoms with E-state index < -0.39 is 0 Å². The molecule has 0 unspecified atom stereocenters. The van der Waals surface area contributed by atoms with Gasteiger partial charge in [-0.05, 0) is 18.1 Å². The summed E-state index contributed by atoms with van der Waals surface area (Å²) >= 11 is 6.12. The molecule has 20 heavy (non-hydrogen) atoms. The molecule has 1 aliphatic heterocycles. The largest absolute Gasteiger partial charge is 0.449 e. The van der Waals surface area contributed by atoms with Crippen LogP contribution in [0.25, 0.3) is 5.57 Å². The third kappa shape index (κ3) is 3.42. The van der Waals surface area contributed by atoms with Gasteiger partial charge in [0.2, 0.25) is 0 Å². The Morgan fingerprint density at radius 3 is 3.10 bits per heavy atom. The Labute approximate surface area is 123 Å². The highest BCUT2D eigenvalue weighted by molar-refractivity contribution is 6.32. The van der Waals surface area contributed by atoms with Crippen LogP contribution in [0.3, 0.4) is 0 Å². The van der Waals surface area contributed by atoms with Crippen LogP contribution in [0.5, 0.6) is 0 Å². The second kappa shape index (κ2) is 6.61. The Bertz CT molecular complexity index is 531. The van der Waals surface area contributed by atoms with Gasteiger partial charge in [0, 0.05) is 6.54 Å². The number of hydrogen-bond donors (Lipinski definition) is 1. The normalized spacial score (nSPS) is 14.3. The zero-order valence-corrected chi connectivity index (χ0v) is 12.2. The van der Waals surface area contributed by atoms with Crippen LogP contribution in [0, 0.1) is 0 Å². The molecular formula is C14H18ClN3O2. The summed E-state index contributed by atoms with van der Waals surface area (Å²) in [5.74, 6) is 0. The van der Waals surface area contributed by atoms with Crippen molar-refractivity contribution in [2.45, 2.75) is 19.8 Å². The minimum Gasteiger partial charge on any atom is -0.449 e. The van der Waals surface area contributed by atoms with Gasteiger partial charge in [-0.15, -0.1) is 0 Å². The molecule has 0 saturated carbocycles. The fraction of sp³-hybridized carbons (Fsp3) is 0.429. The summed E-state index contributed by atoms with van der Waals surface area (Å²) in [4.78, 5) is 17.7. The van der Waals surface area contributed by atoms with Gasteiger partial charge in [0.25, 0.3) is 0 Å². The molecule has 1 amide bonds. The molecule has 5 nitrogen and oxygen atoms in total. The van der Waals surface area contributed by atoms with E-state index in [0.29, 0.717) is 36.1 Å². The zero-order chi connectivity index (χ0) is 14.5. The maximum atomic E-state index is 11.8. The number of unbranched alkanes of at least 4 members (excludes halogenated alkanes) is 1. The molecule has 0 saturated heterocycles. The number of halogens is 1. The fourth-order valence-corrected chi connectivity index (χ4v) is 2.25. The van der Waals surface area contributed by atoms with Gasteiger partial charge in [-0.2, -0.15) is 0 Å². The number of amides is 1. The molecule has 0 aromatic carbocycles. The lowest BCUT2D eigenvalue weighted by Gasteiger charge is -2.16.